The number of carbonyl (C=O) groups is 2. The summed E-state index contributed by atoms with van der Waals surface area (Å²) in [4.78, 5) is 22.4. The van der Waals surface area contributed by atoms with Gasteiger partial charge >= 0.3 is 5.97 Å². The molecule has 2 N–H and O–H groups in total. The molecule has 6 heteroatoms. The molecule has 0 aliphatic carbocycles. The fourth-order valence-electron chi connectivity index (χ4n) is 2.32. The fourth-order valence-corrected chi connectivity index (χ4v) is 2.32. The molecule has 1 heterocycles. The molecule has 1 saturated heterocycles. The predicted molar refractivity (Wildman–Crippen MR) is 74.6 cm³/mol. The van der Waals surface area contributed by atoms with Crippen LogP contribution in [-0.4, -0.2) is 29.7 Å². The van der Waals surface area contributed by atoms with Gasteiger partial charge in [-0.1, -0.05) is 6.07 Å². The SMILES string of the molecule is O=C(O)Cc1ccc(NC(=O)CC2CCCCO2)cc1F. The molecule has 1 atom stereocenters. The summed E-state index contributed by atoms with van der Waals surface area (Å²) in [5.74, 6) is -1.96. The minimum absolute atomic E-state index is 0.0742. The fraction of sp³-hybridized carbons (Fsp3) is 0.467. The first-order valence-corrected chi connectivity index (χ1v) is 6.96. The zero-order valence-corrected chi connectivity index (χ0v) is 11.6. The molecule has 1 fully saturated rings. The van der Waals surface area contributed by atoms with Gasteiger partial charge in [0.1, 0.15) is 5.82 Å². The Morgan fingerprint density at radius 1 is 1.38 bits per heavy atom. The normalized spacial score (nSPS) is 18.2. The second-order valence-electron chi connectivity index (χ2n) is 5.12. The Morgan fingerprint density at radius 2 is 2.19 bits per heavy atom. The van der Waals surface area contributed by atoms with Gasteiger partial charge in [-0.2, -0.15) is 0 Å². The molecule has 0 bridgehead atoms. The number of ether oxygens (including phenoxy) is 1. The maximum absolute atomic E-state index is 13.7. The molecule has 2 rings (SSSR count). The predicted octanol–water partition coefficient (Wildman–Crippen LogP) is 2.35. The molecule has 1 unspecified atom stereocenters. The summed E-state index contributed by atoms with van der Waals surface area (Å²) in [5, 5.41) is 11.2. The van der Waals surface area contributed by atoms with Crippen LogP contribution in [0.15, 0.2) is 18.2 Å². The zero-order valence-electron chi connectivity index (χ0n) is 11.6. The van der Waals surface area contributed by atoms with E-state index in [0.29, 0.717) is 12.3 Å². The third-order valence-corrected chi connectivity index (χ3v) is 3.37. The lowest BCUT2D eigenvalue weighted by molar-refractivity contribution is -0.136. The molecule has 0 radical (unpaired) electrons. The third kappa shape index (κ3) is 4.82. The number of aliphatic carboxylic acids is 1. The molecule has 114 valence electrons. The van der Waals surface area contributed by atoms with Crippen LogP contribution in [0.25, 0.3) is 0 Å². The molecule has 0 spiro atoms. The van der Waals surface area contributed by atoms with E-state index in [9.17, 15) is 14.0 Å². The monoisotopic (exact) mass is 295 g/mol. The summed E-state index contributed by atoms with van der Waals surface area (Å²) >= 11 is 0. The largest absolute Gasteiger partial charge is 0.481 e. The summed E-state index contributed by atoms with van der Waals surface area (Å²) in [6, 6.07) is 4.01. The van der Waals surface area contributed by atoms with Crippen LogP contribution in [0.2, 0.25) is 0 Å². The number of carbonyl (C=O) groups excluding carboxylic acids is 1. The Bertz CT molecular complexity index is 526. The van der Waals surface area contributed by atoms with E-state index in [-0.39, 0.29) is 30.4 Å². The summed E-state index contributed by atoms with van der Waals surface area (Å²) in [5.41, 5.74) is 0.415. The van der Waals surface area contributed by atoms with Gasteiger partial charge in [-0.3, -0.25) is 9.59 Å². The van der Waals surface area contributed by atoms with E-state index >= 15 is 0 Å². The van der Waals surface area contributed by atoms with E-state index in [2.05, 4.69) is 5.32 Å². The van der Waals surface area contributed by atoms with Crippen LogP contribution < -0.4 is 5.32 Å². The van der Waals surface area contributed by atoms with Crippen LogP contribution in [0.4, 0.5) is 10.1 Å². The Labute approximate surface area is 122 Å². The number of carboxylic acid groups (broad SMARTS) is 1. The lowest BCUT2D eigenvalue weighted by Crippen LogP contribution is -2.25. The van der Waals surface area contributed by atoms with Crippen LogP contribution in [0, 0.1) is 5.82 Å². The molecule has 1 aliphatic heterocycles. The highest BCUT2D eigenvalue weighted by Crippen LogP contribution is 2.18. The molecule has 1 aliphatic rings. The standard InChI is InChI=1S/C15H18FNO4/c16-13-8-11(5-4-10(13)7-15(19)20)17-14(18)9-12-3-1-2-6-21-12/h4-5,8,12H,1-3,6-7,9H2,(H,17,18)(H,19,20). The van der Waals surface area contributed by atoms with E-state index in [1.165, 1.54) is 12.1 Å². The zero-order chi connectivity index (χ0) is 15.2. The van der Waals surface area contributed by atoms with Crippen molar-refractivity contribution in [3.8, 4) is 0 Å². The van der Waals surface area contributed by atoms with E-state index in [0.717, 1.165) is 25.3 Å². The van der Waals surface area contributed by atoms with Crippen molar-refractivity contribution >= 4 is 17.6 Å². The van der Waals surface area contributed by atoms with Crippen molar-refractivity contribution in [2.45, 2.75) is 38.2 Å². The van der Waals surface area contributed by atoms with E-state index < -0.39 is 11.8 Å². The second-order valence-corrected chi connectivity index (χ2v) is 5.12. The number of nitrogens with one attached hydrogen (secondary N) is 1. The first-order chi connectivity index (χ1) is 10.0. The van der Waals surface area contributed by atoms with Gasteiger partial charge in [-0.05, 0) is 37.0 Å². The molecule has 1 aromatic carbocycles. The average Bonchev–Trinajstić information content (AvgIpc) is 2.42. The van der Waals surface area contributed by atoms with Gasteiger partial charge in [0.25, 0.3) is 0 Å². The van der Waals surface area contributed by atoms with Gasteiger partial charge < -0.3 is 15.2 Å². The number of benzene rings is 1. The van der Waals surface area contributed by atoms with Crippen molar-refractivity contribution in [2.24, 2.45) is 0 Å². The molecule has 1 aromatic rings. The van der Waals surface area contributed by atoms with Crippen molar-refractivity contribution in [1.82, 2.24) is 0 Å². The smallest absolute Gasteiger partial charge is 0.307 e. The molecule has 5 nitrogen and oxygen atoms in total. The molecule has 21 heavy (non-hydrogen) atoms. The topological polar surface area (TPSA) is 75.6 Å². The van der Waals surface area contributed by atoms with Gasteiger partial charge in [-0.15, -0.1) is 0 Å². The minimum Gasteiger partial charge on any atom is -0.481 e. The molecule has 0 saturated carbocycles. The quantitative estimate of drug-likeness (QED) is 0.874. The van der Waals surface area contributed by atoms with Crippen molar-refractivity contribution in [1.29, 1.82) is 0 Å². The molecule has 0 aromatic heterocycles. The highest BCUT2D eigenvalue weighted by molar-refractivity contribution is 5.91. The Kier molecular flexibility index (Phi) is 5.27. The minimum atomic E-state index is -1.10. The number of hydrogen-bond acceptors (Lipinski definition) is 3. The van der Waals surface area contributed by atoms with Crippen molar-refractivity contribution in [3.05, 3.63) is 29.6 Å². The van der Waals surface area contributed by atoms with Crippen LogP contribution >= 0.6 is 0 Å². The van der Waals surface area contributed by atoms with E-state index in [4.69, 9.17) is 9.84 Å². The lowest BCUT2D eigenvalue weighted by atomic mass is 10.1. The number of carboxylic acids is 1. The van der Waals surface area contributed by atoms with Gasteiger partial charge in [0.15, 0.2) is 0 Å². The van der Waals surface area contributed by atoms with Crippen molar-refractivity contribution in [3.63, 3.8) is 0 Å². The number of hydrogen-bond donors (Lipinski definition) is 2. The maximum Gasteiger partial charge on any atom is 0.307 e. The van der Waals surface area contributed by atoms with Gasteiger partial charge in [0.2, 0.25) is 5.91 Å². The Morgan fingerprint density at radius 3 is 2.81 bits per heavy atom. The number of halogens is 1. The Balaban J connectivity index is 1.91. The van der Waals surface area contributed by atoms with E-state index in [1.807, 2.05) is 0 Å². The second kappa shape index (κ2) is 7.17. The highest BCUT2D eigenvalue weighted by atomic mass is 19.1. The first-order valence-electron chi connectivity index (χ1n) is 6.96. The van der Waals surface area contributed by atoms with Crippen molar-refractivity contribution < 1.29 is 23.8 Å². The summed E-state index contributed by atoms with van der Waals surface area (Å²) in [7, 11) is 0. The van der Waals surface area contributed by atoms with Gasteiger partial charge in [0.05, 0.1) is 18.9 Å². The first kappa shape index (κ1) is 15.4. The van der Waals surface area contributed by atoms with Crippen molar-refractivity contribution in [2.75, 3.05) is 11.9 Å². The Hall–Kier alpha value is -1.95. The van der Waals surface area contributed by atoms with Gasteiger partial charge in [-0.25, -0.2) is 4.39 Å². The summed E-state index contributed by atoms with van der Waals surface area (Å²) in [6.07, 6.45) is 2.73. The van der Waals surface area contributed by atoms with Crippen LogP contribution in [0.3, 0.4) is 0 Å². The summed E-state index contributed by atoms with van der Waals surface area (Å²) in [6.45, 7) is 0.677. The molecular formula is C15H18FNO4. The molecule has 1 amide bonds. The van der Waals surface area contributed by atoms with Crippen LogP contribution in [0.1, 0.15) is 31.2 Å². The highest BCUT2D eigenvalue weighted by Gasteiger charge is 2.18. The summed E-state index contributed by atoms with van der Waals surface area (Å²) < 4.78 is 19.2. The molecular weight excluding hydrogens is 277 g/mol. The number of anilines is 1. The number of rotatable bonds is 5. The average molecular weight is 295 g/mol. The van der Waals surface area contributed by atoms with Crippen LogP contribution in [0.5, 0.6) is 0 Å². The third-order valence-electron chi connectivity index (χ3n) is 3.37. The lowest BCUT2D eigenvalue weighted by Gasteiger charge is -2.21. The van der Waals surface area contributed by atoms with Crippen LogP contribution in [-0.2, 0) is 20.7 Å². The van der Waals surface area contributed by atoms with E-state index in [1.54, 1.807) is 0 Å². The van der Waals surface area contributed by atoms with Gasteiger partial charge in [0, 0.05) is 12.3 Å². The maximum atomic E-state index is 13.7. The number of amides is 1.